The second-order valence-corrected chi connectivity index (χ2v) is 10.5. The summed E-state index contributed by atoms with van der Waals surface area (Å²) in [6, 6.07) is 15.5. The maximum atomic E-state index is 6.25. The molecule has 0 spiro atoms. The highest BCUT2D eigenvalue weighted by molar-refractivity contribution is 5.33. The van der Waals surface area contributed by atoms with Crippen molar-refractivity contribution in [3.05, 3.63) is 94.1 Å². The molecule has 2 saturated heterocycles. The summed E-state index contributed by atoms with van der Waals surface area (Å²) in [5, 5.41) is 0. The maximum absolute atomic E-state index is 6.25. The van der Waals surface area contributed by atoms with Crippen LogP contribution in [0.1, 0.15) is 89.8 Å². The van der Waals surface area contributed by atoms with Crippen molar-refractivity contribution < 1.29 is 9.47 Å². The number of nitrogens with two attached hydrogens (primary N) is 1. The Morgan fingerprint density at radius 2 is 1.59 bits per heavy atom. The fourth-order valence-electron chi connectivity index (χ4n) is 5.87. The summed E-state index contributed by atoms with van der Waals surface area (Å²) >= 11 is 0. The molecule has 2 N–H and O–H groups in total. The standard InChI is InChI=1S/C31H40N4O2/c1-22-8-6-15-33-30(22)27-10-5-11-28(31-23(2)9-7-16-34-31)35(27)20-25-14-13-24(19-32)18-26(25)21-37-29-12-3-4-17-36-29/h6-9,13-16,18,27-29H,3-5,10-12,17,19-21,32H2,1-2H3/t27-,28+,29?. The summed E-state index contributed by atoms with van der Waals surface area (Å²) in [7, 11) is 0. The van der Waals surface area contributed by atoms with Crippen molar-refractivity contribution in [2.45, 2.75) is 90.4 Å². The summed E-state index contributed by atoms with van der Waals surface area (Å²) in [5.74, 6) is 0. The molecule has 37 heavy (non-hydrogen) atoms. The van der Waals surface area contributed by atoms with Crippen molar-refractivity contribution in [1.29, 1.82) is 0 Å². The maximum Gasteiger partial charge on any atom is 0.158 e. The summed E-state index contributed by atoms with van der Waals surface area (Å²) in [5.41, 5.74) is 14.4. The number of pyridine rings is 2. The molecular weight excluding hydrogens is 460 g/mol. The van der Waals surface area contributed by atoms with Crippen LogP contribution in [0.2, 0.25) is 0 Å². The lowest BCUT2D eigenvalue weighted by atomic mass is 9.88. The Balaban J connectivity index is 1.49. The molecule has 0 amide bonds. The SMILES string of the molecule is Cc1cccnc1[C@H]1CCC[C@@H](c2ncccc2C)N1Cc1ccc(CN)cc1COC1CCCCO1. The van der Waals surface area contributed by atoms with Crippen molar-refractivity contribution in [3.8, 4) is 0 Å². The third-order valence-electron chi connectivity index (χ3n) is 7.91. The van der Waals surface area contributed by atoms with Gasteiger partial charge >= 0.3 is 0 Å². The minimum absolute atomic E-state index is 0.119. The molecule has 2 aliphatic rings. The summed E-state index contributed by atoms with van der Waals surface area (Å²) < 4.78 is 12.1. The molecule has 0 bridgehead atoms. The van der Waals surface area contributed by atoms with Gasteiger partial charge in [0, 0.05) is 32.1 Å². The van der Waals surface area contributed by atoms with E-state index < -0.39 is 0 Å². The van der Waals surface area contributed by atoms with E-state index in [0.717, 1.165) is 57.2 Å². The molecule has 0 radical (unpaired) electrons. The Labute approximate surface area is 221 Å². The van der Waals surface area contributed by atoms with Gasteiger partial charge in [-0.2, -0.15) is 0 Å². The van der Waals surface area contributed by atoms with Gasteiger partial charge < -0.3 is 15.2 Å². The number of piperidine rings is 1. The summed E-state index contributed by atoms with van der Waals surface area (Å²) in [6.45, 7) is 6.98. The number of ether oxygens (including phenoxy) is 2. The van der Waals surface area contributed by atoms with E-state index in [1.807, 2.05) is 24.5 Å². The van der Waals surface area contributed by atoms with Crippen LogP contribution in [-0.2, 0) is 29.2 Å². The predicted molar refractivity (Wildman–Crippen MR) is 146 cm³/mol. The summed E-state index contributed by atoms with van der Waals surface area (Å²) in [4.78, 5) is 12.4. The first-order valence-corrected chi connectivity index (χ1v) is 13.8. The molecule has 2 fully saturated rings. The lowest BCUT2D eigenvalue weighted by Gasteiger charge is -2.43. The number of nitrogens with zero attached hydrogens (tertiary/aromatic N) is 3. The first-order chi connectivity index (χ1) is 18.1. The molecule has 1 unspecified atom stereocenters. The van der Waals surface area contributed by atoms with Gasteiger partial charge in [0.15, 0.2) is 6.29 Å². The van der Waals surface area contributed by atoms with E-state index in [0.29, 0.717) is 13.2 Å². The number of aromatic nitrogens is 2. The zero-order valence-corrected chi connectivity index (χ0v) is 22.2. The van der Waals surface area contributed by atoms with Gasteiger partial charge in [0.05, 0.1) is 30.1 Å². The van der Waals surface area contributed by atoms with Crippen molar-refractivity contribution in [2.75, 3.05) is 6.61 Å². The Morgan fingerprint density at radius 1 is 0.892 bits per heavy atom. The van der Waals surface area contributed by atoms with E-state index in [1.165, 1.54) is 33.6 Å². The van der Waals surface area contributed by atoms with Gasteiger partial charge in [-0.05, 0) is 92.3 Å². The molecule has 0 aliphatic carbocycles. The fraction of sp³-hybridized carbons (Fsp3) is 0.484. The first kappa shape index (κ1) is 26.0. The second kappa shape index (κ2) is 12.3. The number of rotatable bonds is 8. The molecule has 1 aromatic carbocycles. The van der Waals surface area contributed by atoms with Crippen LogP contribution in [-0.4, -0.2) is 27.8 Å². The number of hydrogen-bond donors (Lipinski definition) is 1. The summed E-state index contributed by atoms with van der Waals surface area (Å²) in [6.07, 6.45) is 10.3. The molecule has 2 aliphatic heterocycles. The highest BCUT2D eigenvalue weighted by atomic mass is 16.7. The molecule has 3 aromatic rings. The molecule has 6 heteroatoms. The topological polar surface area (TPSA) is 73.5 Å². The Kier molecular flexibility index (Phi) is 8.62. The zero-order chi connectivity index (χ0) is 25.6. The van der Waals surface area contributed by atoms with E-state index in [2.05, 4.69) is 49.1 Å². The molecule has 2 aromatic heterocycles. The highest BCUT2D eigenvalue weighted by Crippen LogP contribution is 2.43. The van der Waals surface area contributed by atoms with Crippen LogP contribution < -0.4 is 5.73 Å². The molecular formula is C31H40N4O2. The average Bonchev–Trinajstić information content (AvgIpc) is 2.94. The van der Waals surface area contributed by atoms with E-state index in [1.54, 1.807) is 0 Å². The molecule has 0 saturated carbocycles. The Bertz CT molecular complexity index is 1120. The van der Waals surface area contributed by atoms with Crippen LogP contribution in [0, 0.1) is 13.8 Å². The molecule has 3 atom stereocenters. The molecule has 196 valence electrons. The molecule has 6 nitrogen and oxygen atoms in total. The second-order valence-electron chi connectivity index (χ2n) is 10.5. The smallest absolute Gasteiger partial charge is 0.158 e. The van der Waals surface area contributed by atoms with E-state index in [9.17, 15) is 0 Å². The van der Waals surface area contributed by atoms with Crippen LogP contribution in [0.25, 0.3) is 0 Å². The van der Waals surface area contributed by atoms with Crippen LogP contribution >= 0.6 is 0 Å². The predicted octanol–water partition coefficient (Wildman–Crippen LogP) is 6.06. The lowest BCUT2D eigenvalue weighted by molar-refractivity contribution is -0.169. The van der Waals surface area contributed by atoms with Crippen LogP contribution in [0.3, 0.4) is 0 Å². The van der Waals surface area contributed by atoms with Gasteiger partial charge in [-0.25, -0.2) is 0 Å². The van der Waals surface area contributed by atoms with Crippen molar-refractivity contribution in [3.63, 3.8) is 0 Å². The fourth-order valence-corrected chi connectivity index (χ4v) is 5.87. The largest absolute Gasteiger partial charge is 0.353 e. The van der Waals surface area contributed by atoms with E-state index >= 15 is 0 Å². The van der Waals surface area contributed by atoms with Crippen molar-refractivity contribution >= 4 is 0 Å². The normalized spacial score (nSPS) is 22.7. The quantitative estimate of drug-likeness (QED) is 0.405. The van der Waals surface area contributed by atoms with Gasteiger partial charge in [-0.15, -0.1) is 0 Å². The van der Waals surface area contributed by atoms with Gasteiger partial charge in [0.2, 0.25) is 0 Å². The third-order valence-corrected chi connectivity index (χ3v) is 7.91. The van der Waals surface area contributed by atoms with Gasteiger partial charge in [-0.3, -0.25) is 14.9 Å². The van der Waals surface area contributed by atoms with Gasteiger partial charge in [0.1, 0.15) is 0 Å². The lowest BCUT2D eigenvalue weighted by Crippen LogP contribution is -2.37. The van der Waals surface area contributed by atoms with Crippen molar-refractivity contribution in [1.82, 2.24) is 14.9 Å². The Morgan fingerprint density at radius 3 is 2.19 bits per heavy atom. The Hall–Kier alpha value is -2.64. The van der Waals surface area contributed by atoms with Gasteiger partial charge in [-0.1, -0.05) is 30.3 Å². The zero-order valence-electron chi connectivity index (χ0n) is 22.2. The third kappa shape index (κ3) is 6.10. The van der Waals surface area contributed by atoms with E-state index in [-0.39, 0.29) is 18.4 Å². The van der Waals surface area contributed by atoms with Crippen molar-refractivity contribution in [2.24, 2.45) is 5.73 Å². The first-order valence-electron chi connectivity index (χ1n) is 13.8. The number of likely N-dealkylation sites (tertiary alicyclic amines) is 1. The van der Waals surface area contributed by atoms with Crippen LogP contribution in [0.4, 0.5) is 0 Å². The number of aryl methyl sites for hydroxylation is 2. The monoisotopic (exact) mass is 500 g/mol. The molecule has 4 heterocycles. The van der Waals surface area contributed by atoms with Crippen LogP contribution in [0.15, 0.2) is 54.9 Å². The minimum Gasteiger partial charge on any atom is -0.353 e. The number of hydrogen-bond acceptors (Lipinski definition) is 6. The van der Waals surface area contributed by atoms with Gasteiger partial charge in [0.25, 0.3) is 0 Å². The average molecular weight is 501 g/mol. The number of benzene rings is 1. The highest BCUT2D eigenvalue weighted by Gasteiger charge is 2.35. The minimum atomic E-state index is -0.119. The molecule has 5 rings (SSSR count). The van der Waals surface area contributed by atoms with Crippen LogP contribution in [0.5, 0.6) is 0 Å². The van der Waals surface area contributed by atoms with E-state index in [4.69, 9.17) is 25.2 Å².